The number of nitrogens with two attached hydrogens (primary N) is 2. The highest BCUT2D eigenvalue weighted by Crippen LogP contribution is 2.24. The van der Waals surface area contributed by atoms with Gasteiger partial charge in [0.2, 0.25) is 5.91 Å². The van der Waals surface area contributed by atoms with Crippen molar-refractivity contribution in [2.45, 2.75) is 13.5 Å². The van der Waals surface area contributed by atoms with Gasteiger partial charge in [-0.25, -0.2) is 0 Å². The number of halogens is 1. The van der Waals surface area contributed by atoms with Crippen LogP contribution in [0.1, 0.15) is 21.5 Å². The van der Waals surface area contributed by atoms with Gasteiger partial charge in [-0.3, -0.25) is 4.79 Å². The van der Waals surface area contributed by atoms with Gasteiger partial charge in [-0.05, 0) is 36.8 Å². The van der Waals surface area contributed by atoms with Crippen molar-refractivity contribution in [2.75, 3.05) is 5.73 Å². The van der Waals surface area contributed by atoms with Crippen molar-refractivity contribution in [3.63, 3.8) is 0 Å². The van der Waals surface area contributed by atoms with E-state index in [4.69, 9.17) is 27.8 Å². The van der Waals surface area contributed by atoms with Crippen LogP contribution >= 0.6 is 11.6 Å². The second-order valence-electron chi connectivity index (χ2n) is 4.48. The molecule has 0 aliphatic heterocycles. The number of benzene rings is 2. The third-order valence-electron chi connectivity index (χ3n) is 2.96. The molecule has 4 N–H and O–H groups in total. The van der Waals surface area contributed by atoms with Crippen LogP contribution < -0.4 is 16.2 Å². The molecule has 0 radical (unpaired) electrons. The molecule has 0 atom stereocenters. The first kappa shape index (κ1) is 14.2. The molecule has 0 aliphatic rings. The zero-order valence-electron chi connectivity index (χ0n) is 11.0. The topological polar surface area (TPSA) is 78.3 Å². The number of primary amides is 1. The van der Waals surface area contributed by atoms with E-state index in [9.17, 15) is 4.79 Å². The molecule has 5 heteroatoms. The summed E-state index contributed by atoms with van der Waals surface area (Å²) in [6, 6.07) is 10.4. The maximum Gasteiger partial charge on any atom is 0.248 e. The lowest BCUT2D eigenvalue weighted by molar-refractivity contribution is 0.100. The summed E-state index contributed by atoms with van der Waals surface area (Å²) in [7, 11) is 0. The van der Waals surface area contributed by atoms with Gasteiger partial charge >= 0.3 is 0 Å². The van der Waals surface area contributed by atoms with Crippen LogP contribution in [0.4, 0.5) is 5.69 Å². The van der Waals surface area contributed by atoms with Gasteiger partial charge in [0.15, 0.2) is 0 Å². The number of hydrogen-bond acceptors (Lipinski definition) is 3. The fourth-order valence-corrected chi connectivity index (χ4v) is 1.93. The molecule has 0 bridgehead atoms. The SMILES string of the molecule is Cc1ccc(Cl)cc1OCc1ccc(C(N)=O)cc1N. The Morgan fingerprint density at radius 2 is 2.00 bits per heavy atom. The number of carbonyl (C=O) groups excluding carboxylic acids is 1. The second kappa shape index (κ2) is 5.84. The highest BCUT2D eigenvalue weighted by molar-refractivity contribution is 6.30. The lowest BCUT2D eigenvalue weighted by Gasteiger charge is -2.11. The zero-order valence-corrected chi connectivity index (χ0v) is 11.8. The Labute approximate surface area is 122 Å². The Bertz CT molecular complexity index is 656. The Balaban J connectivity index is 2.15. The number of amides is 1. The molecule has 2 rings (SSSR count). The van der Waals surface area contributed by atoms with E-state index in [1.165, 1.54) is 0 Å². The third-order valence-corrected chi connectivity index (χ3v) is 3.20. The van der Waals surface area contributed by atoms with Crippen molar-refractivity contribution in [2.24, 2.45) is 5.73 Å². The smallest absolute Gasteiger partial charge is 0.248 e. The van der Waals surface area contributed by atoms with Crippen molar-refractivity contribution < 1.29 is 9.53 Å². The van der Waals surface area contributed by atoms with Gasteiger partial charge < -0.3 is 16.2 Å². The van der Waals surface area contributed by atoms with Crippen LogP contribution in [0, 0.1) is 6.92 Å². The average Bonchev–Trinajstić information content (AvgIpc) is 2.40. The highest BCUT2D eigenvalue weighted by Gasteiger charge is 2.07. The first-order valence-corrected chi connectivity index (χ1v) is 6.42. The molecule has 0 spiro atoms. The molecule has 4 nitrogen and oxygen atoms in total. The highest BCUT2D eigenvalue weighted by atomic mass is 35.5. The quantitative estimate of drug-likeness (QED) is 0.850. The van der Waals surface area contributed by atoms with E-state index in [1.807, 2.05) is 13.0 Å². The largest absolute Gasteiger partial charge is 0.489 e. The maximum absolute atomic E-state index is 11.0. The van der Waals surface area contributed by atoms with E-state index < -0.39 is 5.91 Å². The Kier molecular flexibility index (Phi) is 4.15. The summed E-state index contributed by atoms with van der Waals surface area (Å²) in [5.41, 5.74) is 13.7. The van der Waals surface area contributed by atoms with Gasteiger partial charge in [0.05, 0.1) is 0 Å². The summed E-state index contributed by atoms with van der Waals surface area (Å²) in [4.78, 5) is 11.0. The van der Waals surface area contributed by atoms with Crippen molar-refractivity contribution in [1.82, 2.24) is 0 Å². The zero-order chi connectivity index (χ0) is 14.7. The number of rotatable bonds is 4. The first-order valence-electron chi connectivity index (χ1n) is 6.04. The number of ether oxygens (including phenoxy) is 1. The predicted molar refractivity (Wildman–Crippen MR) is 79.9 cm³/mol. The summed E-state index contributed by atoms with van der Waals surface area (Å²) in [5.74, 6) is 0.200. The number of hydrogen-bond donors (Lipinski definition) is 2. The van der Waals surface area contributed by atoms with Crippen molar-refractivity contribution >= 4 is 23.2 Å². The summed E-state index contributed by atoms with van der Waals surface area (Å²) < 4.78 is 5.70. The van der Waals surface area contributed by atoms with Crippen LogP contribution in [0.15, 0.2) is 36.4 Å². The molecule has 0 fully saturated rings. The van der Waals surface area contributed by atoms with Crippen LogP contribution in [0.25, 0.3) is 0 Å². The van der Waals surface area contributed by atoms with Gasteiger partial charge in [-0.2, -0.15) is 0 Å². The second-order valence-corrected chi connectivity index (χ2v) is 4.91. The molecular weight excluding hydrogens is 276 g/mol. The minimum absolute atomic E-state index is 0.298. The molecular formula is C15H15ClN2O2. The Morgan fingerprint density at radius 1 is 1.25 bits per heavy atom. The lowest BCUT2D eigenvalue weighted by atomic mass is 10.1. The van der Waals surface area contributed by atoms with Crippen LogP contribution in [0.5, 0.6) is 5.75 Å². The molecule has 0 saturated heterocycles. The van der Waals surface area contributed by atoms with E-state index >= 15 is 0 Å². The van der Waals surface area contributed by atoms with Gasteiger partial charge in [0.1, 0.15) is 12.4 Å². The van der Waals surface area contributed by atoms with E-state index in [1.54, 1.807) is 30.3 Å². The first-order chi connectivity index (χ1) is 9.47. The van der Waals surface area contributed by atoms with Crippen LogP contribution in [0.2, 0.25) is 5.02 Å². The van der Waals surface area contributed by atoms with Gasteiger partial charge in [-0.15, -0.1) is 0 Å². The molecule has 0 heterocycles. The molecule has 0 saturated carbocycles. The molecule has 0 aliphatic carbocycles. The monoisotopic (exact) mass is 290 g/mol. The third kappa shape index (κ3) is 3.22. The number of anilines is 1. The fourth-order valence-electron chi connectivity index (χ4n) is 1.76. The molecule has 0 aromatic heterocycles. The van der Waals surface area contributed by atoms with Crippen molar-refractivity contribution in [1.29, 1.82) is 0 Å². The van der Waals surface area contributed by atoms with Crippen LogP contribution in [-0.2, 0) is 6.61 Å². The van der Waals surface area contributed by atoms with Crippen molar-refractivity contribution in [3.8, 4) is 5.75 Å². The van der Waals surface area contributed by atoms with Crippen LogP contribution in [-0.4, -0.2) is 5.91 Å². The summed E-state index contributed by atoms with van der Waals surface area (Å²) in [6.07, 6.45) is 0. The normalized spacial score (nSPS) is 10.3. The standard InChI is InChI=1S/C15H15ClN2O2/c1-9-2-5-12(16)7-14(9)20-8-11-4-3-10(15(18)19)6-13(11)17/h2-7H,8,17H2,1H3,(H2,18,19). The van der Waals surface area contributed by atoms with Gasteiger partial charge in [-0.1, -0.05) is 23.7 Å². The number of aryl methyl sites for hydroxylation is 1. The fraction of sp³-hybridized carbons (Fsp3) is 0.133. The van der Waals surface area contributed by atoms with E-state index in [2.05, 4.69) is 0 Å². The van der Waals surface area contributed by atoms with E-state index in [0.29, 0.717) is 28.6 Å². The molecule has 104 valence electrons. The van der Waals surface area contributed by atoms with Crippen LogP contribution in [0.3, 0.4) is 0 Å². The van der Waals surface area contributed by atoms with Gasteiger partial charge in [0, 0.05) is 21.8 Å². The van der Waals surface area contributed by atoms with E-state index in [-0.39, 0.29) is 0 Å². The van der Waals surface area contributed by atoms with E-state index in [0.717, 1.165) is 11.1 Å². The Hall–Kier alpha value is -2.20. The van der Waals surface area contributed by atoms with Crippen molar-refractivity contribution in [3.05, 3.63) is 58.1 Å². The molecule has 1 amide bonds. The minimum Gasteiger partial charge on any atom is -0.489 e. The molecule has 0 unspecified atom stereocenters. The molecule has 20 heavy (non-hydrogen) atoms. The average molecular weight is 291 g/mol. The number of carbonyl (C=O) groups is 1. The lowest BCUT2D eigenvalue weighted by Crippen LogP contribution is -2.12. The predicted octanol–water partition coefficient (Wildman–Crippen LogP) is 2.91. The number of nitrogen functional groups attached to an aromatic ring is 1. The molecule has 2 aromatic rings. The molecule has 2 aromatic carbocycles. The minimum atomic E-state index is -0.505. The summed E-state index contributed by atoms with van der Waals surface area (Å²) in [6.45, 7) is 2.23. The summed E-state index contributed by atoms with van der Waals surface area (Å²) in [5, 5.41) is 0.614. The maximum atomic E-state index is 11.0. The van der Waals surface area contributed by atoms with Gasteiger partial charge in [0.25, 0.3) is 0 Å². The summed E-state index contributed by atoms with van der Waals surface area (Å²) >= 11 is 5.93. The Morgan fingerprint density at radius 3 is 2.65 bits per heavy atom.